The molecular weight excluding hydrogens is 342 g/mol. The predicted octanol–water partition coefficient (Wildman–Crippen LogP) is 2.51. The van der Waals surface area contributed by atoms with Gasteiger partial charge in [-0.3, -0.25) is 4.99 Å². The molecule has 2 N–H and O–H groups in total. The van der Waals surface area contributed by atoms with Crippen LogP contribution >= 0.6 is 0 Å². The standard InChI is InChI=1S/C21H33N3O3/c1-2-22-21(23-11-6-12-26-19-10-13-25-16-19)24-15-18-9-14-27-20(18)17-7-4-3-5-8-17/h3-5,7-8,18-20H,2,6,9-16H2,1H3,(H2,22,23,24). The second-order valence-corrected chi connectivity index (χ2v) is 7.11. The van der Waals surface area contributed by atoms with Gasteiger partial charge in [0.1, 0.15) is 0 Å². The molecule has 6 nitrogen and oxygen atoms in total. The van der Waals surface area contributed by atoms with Crippen molar-refractivity contribution in [2.24, 2.45) is 10.9 Å². The first kappa shape index (κ1) is 20.1. The summed E-state index contributed by atoms with van der Waals surface area (Å²) in [6.07, 6.45) is 3.47. The molecule has 0 spiro atoms. The molecule has 0 aromatic heterocycles. The van der Waals surface area contributed by atoms with Gasteiger partial charge in [0.15, 0.2) is 5.96 Å². The van der Waals surface area contributed by atoms with Gasteiger partial charge in [-0.15, -0.1) is 0 Å². The number of nitrogens with zero attached hydrogens (tertiary/aromatic N) is 1. The first-order valence-corrected chi connectivity index (χ1v) is 10.2. The van der Waals surface area contributed by atoms with Gasteiger partial charge < -0.3 is 24.8 Å². The summed E-state index contributed by atoms with van der Waals surface area (Å²) < 4.78 is 17.1. The lowest BCUT2D eigenvalue weighted by Crippen LogP contribution is -2.38. The van der Waals surface area contributed by atoms with Crippen molar-refractivity contribution < 1.29 is 14.2 Å². The lowest BCUT2D eigenvalue weighted by atomic mass is 9.95. The monoisotopic (exact) mass is 375 g/mol. The Morgan fingerprint density at radius 3 is 2.85 bits per heavy atom. The number of hydrogen-bond donors (Lipinski definition) is 2. The zero-order chi connectivity index (χ0) is 18.7. The molecule has 3 atom stereocenters. The molecule has 1 aromatic rings. The molecule has 0 radical (unpaired) electrons. The molecule has 3 rings (SSSR count). The summed E-state index contributed by atoms with van der Waals surface area (Å²) in [5.74, 6) is 1.30. The Labute approximate surface area is 162 Å². The van der Waals surface area contributed by atoms with Gasteiger partial charge in [0.2, 0.25) is 0 Å². The highest BCUT2D eigenvalue weighted by molar-refractivity contribution is 5.79. The number of aliphatic imine (C=N–C) groups is 1. The van der Waals surface area contributed by atoms with Gasteiger partial charge in [0.25, 0.3) is 0 Å². The Kier molecular flexibility index (Phi) is 8.39. The molecule has 3 unspecified atom stereocenters. The summed E-state index contributed by atoms with van der Waals surface area (Å²) in [7, 11) is 0. The molecule has 2 heterocycles. The van der Waals surface area contributed by atoms with Crippen LogP contribution in [-0.4, -0.2) is 58.1 Å². The Bertz CT molecular complexity index is 561. The number of guanidine groups is 1. The van der Waals surface area contributed by atoms with Crippen LogP contribution < -0.4 is 10.6 Å². The van der Waals surface area contributed by atoms with Gasteiger partial charge in [0.05, 0.1) is 18.8 Å². The molecular formula is C21H33N3O3. The molecule has 6 heteroatoms. The van der Waals surface area contributed by atoms with Crippen molar-refractivity contribution in [3.05, 3.63) is 35.9 Å². The van der Waals surface area contributed by atoms with E-state index in [2.05, 4.69) is 41.8 Å². The van der Waals surface area contributed by atoms with Crippen molar-refractivity contribution in [3.63, 3.8) is 0 Å². The first-order chi connectivity index (χ1) is 13.4. The molecule has 2 fully saturated rings. The number of ether oxygens (including phenoxy) is 3. The Morgan fingerprint density at radius 2 is 2.07 bits per heavy atom. The normalized spacial score (nSPS) is 25.7. The van der Waals surface area contributed by atoms with Crippen molar-refractivity contribution in [2.75, 3.05) is 46.1 Å². The summed E-state index contributed by atoms with van der Waals surface area (Å²) in [5.41, 5.74) is 1.25. The van der Waals surface area contributed by atoms with Crippen molar-refractivity contribution in [1.29, 1.82) is 0 Å². The van der Waals surface area contributed by atoms with Crippen LogP contribution in [-0.2, 0) is 14.2 Å². The predicted molar refractivity (Wildman–Crippen MR) is 107 cm³/mol. The van der Waals surface area contributed by atoms with E-state index in [0.29, 0.717) is 5.92 Å². The van der Waals surface area contributed by atoms with E-state index in [4.69, 9.17) is 19.2 Å². The maximum absolute atomic E-state index is 5.97. The Hall–Kier alpha value is -1.63. The third-order valence-electron chi connectivity index (χ3n) is 5.03. The van der Waals surface area contributed by atoms with E-state index in [1.54, 1.807) is 0 Å². The number of rotatable bonds is 9. The van der Waals surface area contributed by atoms with Crippen LogP contribution in [0.25, 0.3) is 0 Å². The average Bonchev–Trinajstić information content (AvgIpc) is 3.38. The fourth-order valence-corrected chi connectivity index (χ4v) is 3.56. The minimum absolute atomic E-state index is 0.153. The summed E-state index contributed by atoms with van der Waals surface area (Å²) in [6.45, 7) is 7.70. The molecule has 2 aliphatic heterocycles. The van der Waals surface area contributed by atoms with Crippen LogP contribution in [0.2, 0.25) is 0 Å². The average molecular weight is 376 g/mol. The van der Waals surface area contributed by atoms with Gasteiger partial charge in [-0.1, -0.05) is 30.3 Å². The number of nitrogens with one attached hydrogen (secondary N) is 2. The van der Waals surface area contributed by atoms with Crippen LogP contribution in [0.1, 0.15) is 37.9 Å². The fourth-order valence-electron chi connectivity index (χ4n) is 3.56. The van der Waals surface area contributed by atoms with Gasteiger partial charge in [-0.2, -0.15) is 0 Å². The largest absolute Gasteiger partial charge is 0.379 e. The van der Waals surface area contributed by atoms with E-state index < -0.39 is 0 Å². The lowest BCUT2D eigenvalue weighted by molar-refractivity contribution is 0.0420. The molecule has 2 saturated heterocycles. The van der Waals surface area contributed by atoms with Crippen molar-refractivity contribution in [3.8, 4) is 0 Å². The van der Waals surface area contributed by atoms with Crippen LogP contribution in [0.4, 0.5) is 0 Å². The van der Waals surface area contributed by atoms with Gasteiger partial charge in [-0.05, 0) is 31.7 Å². The van der Waals surface area contributed by atoms with E-state index in [-0.39, 0.29) is 12.2 Å². The molecule has 0 amide bonds. The second-order valence-electron chi connectivity index (χ2n) is 7.11. The van der Waals surface area contributed by atoms with Crippen LogP contribution in [0.3, 0.4) is 0 Å². The molecule has 0 saturated carbocycles. The van der Waals surface area contributed by atoms with Crippen molar-refractivity contribution >= 4 is 5.96 Å². The minimum atomic E-state index is 0.153. The zero-order valence-electron chi connectivity index (χ0n) is 16.4. The maximum Gasteiger partial charge on any atom is 0.191 e. The molecule has 1 aromatic carbocycles. The summed E-state index contributed by atoms with van der Waals surface area (Å²) in [4.78, 5) is 4.80. The van der Waals surface area contributed by atoms with E-state index in [1.165, 1.54) is 5.56 Å². The molecule has 0 bridgehead atoms. The Balaban J connectivity index is 1.42. The summed E-state index contributed by atoms with van der Waals surface area (Å²) >= 11 is 0. The summed E-state index contributed by atoms with van der Waals surface area (Å²) in [6, 6.07) is 10.5. The molecule has 0 aliphatic carbocycles. The number of benzene rings is 1. The topological polar surface area (TPSA) is 64.1 Å². The third-order valence-corrected chi connectivity index (χ3v) is 5.03. The smallest absolute Gasteiger partial charge is 0.191 e. The highest BCUT2D eigenvalue weighted by Gasteiger charge is 2.29. The minimum Gasteiger partial charge on any atom is -0.379 e. The van der Waals surface area contributed by atoms with E-state index in [9.17, 15) is 0 Å². The van der Waals surface area contributed by atoms with Gasteiger partial charge >= 0.3 is 0 Å². The maximum atomic E-state index is 5.97. The van der Waals surface area contributed by atoms with Gasteiger partial charge in [-0.25, -0.2) is 0 Å². The second kappa shape index (κ2) is 11.3. The SMILES string of the molecule is CCNC(=NCC1CCOC1c1ccccc1)NCCCOC1CCOC1. The Morgan fingerprint density at radius 1 is 1.19 bits per heavy atom. The van der Waals surface area contributed by atoms with Crippen molar-refractivity contribution in [2.45, 2.75) is 38.4 Å². The molecule has 150 valence electrons. The molecule has 2 aliphatic rings. The van der Waals surface area contributed by atoms with E-state index in [0.717, 1.165) is 71.3 Å². The quantitative estimate of drug-likeness (QED) is 0.394. The molecule has 27 heavy (non-hydrogen) atoms. The number of hydrogen-bond acceptors (Lipinski definition) is 4. The fraction of sp³-hybridized carbons (Fsp3) is 0.667. The first-order valence-electron chi connectivity index (χ1n) is 10.2. The van der Waals surface area contributed by atoms with Crippen LogP contribution in [0.15, 0.2) is 35.3 Å². The van der Waals surface area contributed by atoms with E-state index >= 15 is 0 Å². The highest BCUT2D eigenvalue weighted by atomic mass is 16.5. The van der Waals surface area contributed by atoms with Gasteiger partial charge in [0, 0.05) is 45.4 Å². The zero-order valence-corrected chi connectivity index (χ0v) is 16.4. The summed E-state index contributed by atoms with van der Waals surface area (Å²) in [5, 5.41) is 6.74. The van der Waals surface area contributed by atoms with Crippen molar-refractivity contribution in [1.82, 2.24) is 10.6 Å². The van der Waals surface area contributed by atoms with Crippen LogP contribution in [0.5, 0.6) is 0 Å². The van der Waals surface area contributed by atoms with Crippen LogP contribution in [0, 0.1) is 5.92 Å². The third kappa shape index (κ3) is 6.48. The highest BCUT2D eigenvalue weighted by Crippen LogP contribution is 2.34. The van der Waals surface area contributed by atoms with E-state index in [1.807, 2.05) is 6.07 Å². The lowest BCUT2D eigenvalue weighted by Gasteiger charge is -2.18.